The first-order valence-electron chi connectivity index (χ1n) is 8.93. The van der Waals surface area contributed by atoms with Crippen molar-refractivity contribution in [3.8, 4) is 0 Å². The van der Waals surface area contributed by atoms with Crippen LogP contribution in [0.25, 0.3) is 0 Å². The van der Waals surface area contributed by atoms with E-state index >= 15 is 0 Å². The van der Waals surface area contributed by atoms with Crippen LogP contribution in [0.3, 0.4) is 0 Å². The molecule has 5 nitrogen and oxygen atoms in total. The second kappa shape index (κ2) is 11.9. The first kappa shape index (κ1) is 21.5. The second-order valence-corrected chi connectivity index (χ2v) is 6.63. The number of carbonyl (C=O) groups excluding carboxylic acids is 2. The van der Waals surface area contributed by atoms with Crippen LogP contribution in [0.5, 0.6) is 0 Å². The van der Waals surface area contributed by atoms with E-state index in [1.54, 1.807) is 0 Å². The van der Waals surface area contributed by atoms with Gasteiger partial charge in [-0.15, -0.1) is 12.4 Å². The molecule has 2 rings (SSSR count). The Hall–Kier alpha value is -1.59. The number of amides is 2. The highest BCUT2D eigenvalue weighted by Crippen LogP contribution is 2.23. The molecule has 1 fully saturated rings. The van der Waals surface area contributed by atoms with Gasteiger partial charge in [-0.25, -0.2) is 0 Å². The van der Waals surface area contributed by atoms with Gasteiger partial charge in [0.15, 0.2) is 0 Å². The van der Waals surface area contributed by atoms with Gasteiger partial charge in [0.1, 0.15) is 0 Å². The van der Waals surface area contributed by atoms with Crippen LogP contribution in [-0.2, 0) is 16.1 Å². The fourth-order valence-corrected chi connectivity index (χ4v) is 3.14. The SMILES string of the molecule is CC(CC(=O)NCCC(=O)NCc1ccccc1)C1CCNCC1.Cl. The Morgan fingerprint density at radius 1 is 1.12 bits per heavy atom. The van der Waals surface area contributed by atoms with Crippen LogP contribution >= 0.6 is 12.4 Å². The summed E-state index contributed by atoms with van der Waals surface area (Å²) in [7, 11) is 0. The standard InChI is InChI=1S/C19H29N3O2.ClH/c1-15(17-7-10-20-11-8-17)13-19(24)21-12-9-18(23)22-14-16-5-3-2-4-6-16;/h2-6,15,17,20H,7-14H2,1H3,(H,21,24)(H,22,23);1H. The molecule has 25 heavy (non-hydrogen) atoms. The van der Waals surface area contributed by atoms with E-state index in [1.165, 1.54) is 0 Å². The molecule has 1 aliphatic rings. The van der Waals surface area contributed by atoms with Crippen LogP contribution in [0.2, 0.25) is 0 Å². The van der Waals surface area contributed by atoms with Crippen molar-refractivity contribution in [2.24, 2.45) is 11.8 Å². The maximum Gasteiger partial charge on any atom is 0.222 e. The van der Waals surface area contributed by atoms with Gasteiger partial charge >= 0.3 is 0 Å². The highest BCUT2D eigenvalue weighted by atomic mass is 35.5. The molecule has 1 aromatic carbocycles. The Kier molecular flexibility index (Phi) is 10.2. The van der Waals surface area contributed by atoms with Crippen LogP contribution in [0.15, 0.2) is 30.3 Å². The van der Waals surface area contributed by atoms with Crippen LogP contribution < -0.4 is 16.0 Å². The van der Waals surface area contributed by atoms with Crippen molar-refractivity contribution in [3.05, 3.63) is 35.9 Å². The molecule has 1 aromatic rings. The Balaban J connectivity index is 0.00000312. The molecule has 0 bridgehead atoms. The minimum atomic E-state index is -0.0365. The Bertz CT molecular complexity index is 519. The summed E-state index contributed by atoms with van der Waals surface area (Å²) < 4.78 is 0. The molecule has 2 amide bonds. The number of carbonyl (C=O) groups is 2. The molecule has 0 aromatic heterocycles. The average molecular weight is 368 g/mol. The van der Waals surface area contributed by atoms with Gasteiger partial charge in [-0.2, -0.15) is 0 Å². The van der Waals surface area contributed by atoms with E-state index in [0.717, 1.165) is 31.5 Å². The normalized spacial score (nSPS) is 15.7. The Morgan fingerprint density at radius 2 is 1.80 bits per heavy atom. The summed E-state index contributed by atoms with van der Waals surface area (Å²) in [6.07, 6.45) is 3.17. The van der Waals surface area contributed by atoms with Crippen molar-refractivity contribution in [1.82, 2.24) is 16.0 Å². The van der Waals surface area contributed by atoms with Gasteiger partial charge in [0, 0.05) is 25.9 Å². The maximum absolute atomic E-state index is 12.0. The van der Waals surface area contributed by atoms with Crippen molar-refractivity contribution in [2.75, 3.05) is 19.6 Å². The molecule has 1 aliphatic heterocycles. The number of halogens is 1. The number of benzene rings is 1. The van der Waals surface area contributed by atoms with Crippen molar-refractivity contribution in [1.29, 1.82) is 0 Å². The molecule has 0 spiro atoms. The quantitative estimate of drug-likeness (QED) is 0.660. The first-order chi connectivity index (χ1) is 11.6. The molecule has 1 heterocycles. The number of piperidine rings is 1. The van der Waals surface area contributed by atoms with Gasteiger partial charge in [-0.3, -0.25) is 9.59 Å². The third-order valence-electron chi connectivity index (χ3n) is 4.70. The molecule has 6 heteroatoms. The lowest BCUT2D eigenvalue weighted by molar-refractivity contribution is -0.123. The van der Waals surface area contributed by atoms with E-state index in [2.05, 4.69) is 22.9 Å². The first-order valence-corrected chi connectivity index (χ1v) is 8.93. The lowest BCUT2D eigenvalue weighted by atomic mass is 9.84. The van der Waals surface area contributed by atoms with Gasteiger partial charge in [-0.05, 0) is 43.3 Å². The molecular weight excluding hydrogens is 338 g/mol. The third-order valence-corrected chi connectivity index (χ3v) is 4.70. The summed E-state index contributed by atoms with van der Waals surface area (Å²) >= 11 is 0. The summed E-state index contributed by atoms with van der Waals surface area (Å²) in [6.45, 7) is 5.19. The maximum atomic E-state index is 12.0. The zero-order chi connectivity index (χ0) is 17.2. The topological polar surface area (TPSA) is 70.2 Å². The number of rotatable bonds is 8. The predicted octanol–water partition coefficient (Wildman–Crippen LogP) is 2.26. The molecular formula is C19H30ClN3O2. The van der Waals surface area contributed by atoms with Crippen molar-refractivity contribution in [2.45, 2.75) is 39.2 Å². The average Bonchev–Trinajstić information content (AvgIpc) is 2.61. The monoisotopic (exact) mass is 367 g/mol. The van der Waals surface area contributed by atoms with Crippen LogP contribution in [0.1, 0.15) is 38.2 Å². The minimum Gasteiger partial charge on any atom is -0.356 e. The van der Waals surface area contributed by atoms with Gasteiger partial charge in [-0.1, -0.05) is 37.3 Å². The molecule has 1 unspecified atom stereocenters. The summed E-state index contributed by atoms with van der Waals surface area (Å²) in [5, 5.41) is 9.08. The number of hydrogen-bond acceptors (Lipinski definition) is 3. The summed E-state index contributed by atoms with van der Waals surface area (Å²) in [5.74, 6) is 1.05. The van der Waals surface area contributed by atoms with E-state index in [0.29, 0.717) is 37.8 Å². The van der Waals surface area contributed by atoms with E-state index in [4.69, 9.17) is 0 Å². The van der Waals surface area contributed by atoms with Gasteiger partial charge in [0.2, 0.25) is 11.8 Å². The highest BCUT2D eigenvalue weighted by molar-refractivity contribution is 5.85. The molecule has 3 N–H and O–H groups in total. The molecule has 1 saturated heterocycles. The molecule has 1 atom stereocenters. The molecule has 140 valence electrons. The fraction of sp³-hybridized carbons (Fsp3) is 0.579. The van der Waals surface area contributed by atoms with E-state index < -0.39 is 0 Å². The second-order valence-electron chi connectivity index (χ2n) is 6.63. The smallest absolute Gasteiger partial charge is 0.222 e. The molecule has 0 aliphatic carbocycles. The summed E-state index contributed by atoms with van der Waals surface area (Å²) in [4.78, 5) is 23.8. The number of nitrogens with one attached hydrogen (secondary N) is 3. The zero-order valence-corrected chi connectivity index (χ0v) is 15.7. The van der Waals surface area contributed by atoms with Crippen molar-refractivity contribution >= 4 is 24.2 Å². The highest BCUT2D eigenvalue weighted by Gasteiger charge is 2.21. The Labute approximate surface area is 156 Å². The summed E-state index contributed by atoms with van der Waals surface area (Å²) in [5.41, 5.74) is 1.07. The largest absolute Gasteiger partial charge is 0.356 e. The van der Waals surface area contributed by atoms with Crippen molar-refractivity contribution in [3.63, 3.8) is 0 Å². The van der Waals surface area contributed by atoms with Gasteiger partial charge in [0.25, 0.3) is 0 Å². The predicted molar refractivity (Wildman–Crippen MR) is 103 cm³/mol. The lowest BCUT2D eigenvalue weighted by Crippen LogP contribution is -2.34. The number of hydrogen-bond donors (Lipinski definition) is 3. The van der Waals surface area contributed by atoms with E-state index in [1.807, 2.05) is 30.3 Å². The molecule has 0 radical (unpaired) electrons. The van der Waals surface area contributed by atoms with Crippen LogP contribution in [0.4, 0.5) is 0 Å². The van der Waals surface area contributed by atoms with Crippen molar-refractivity contribution < 1.29 is 9.59 Å². The molecule has 0 saturated carbocycles. The fourth-order valence-electron chi connectivity index (χ4n) is 3.14. The third kappa shape index (κ3) is 8.36. The van der Waals surface area contributed by atoms with Gasteiger partial charge < -0.3 is 16.0 Å². The lowest BCUT2D eigenvalue weighted by Gasteiger charge is -2.27. The Morgan fingerprint density at radius 3 is 2.48 bits per heavy atom. The van der Waals surface area contributed by atoms with Crippen LogP contribution in [0, 0.1) is 11.8 Å². The van der Waals surface area contributed by atoms with Crippen LogP contribution in [-0.4, -0.2) is 31.4 Å². The van der Waals surface area contributed by atoms with E-state index in [9.17, 15) is 9.59 Å². The van der Waals surface area contributed by atoms with Gasteiger partial charge in [0.05, 0.1) is 0 Å². The zero-order valence-electron chi connectivity index (χ0n) is 14.9. The minimum absolute atomic E-state index is 0. The van der Waals surface area contributed by atoms with E-state index in [-0.39, 0.29) is 24.2 Å². The summed E-state index contributed by atoms with van der Waals surface area (Å²) in [6, 6.07) is 9.80.